The lowest BCUT2D eigenvalue weighted by atomic mass is 10.0. The predicted molar refractivity (Wildman–Crippen MR) is 73.5 cm³/mol. The molecule has 1 atom stereocenters. The molecular formula is C13H22ClN3. The zero-order valence-corrected chi connectivity index (χ0v) is 11.2. The molecule has 1 aromatic heterocycles. The highest BCUT2D eigenvalue weighted by atomic mass is 35.5. The van der Waals surface area contributed by atoms with Gasteiger partial charge in [-0.25, -0.2) is 0 Å². The van der Waals surface area contributed by atoms with Gasteiger partial charge in [0.1, 0.15) is 0 Å². The maximum Gasteiger partial charge on any atom is 0.0271 e. The summed E-state index contributed by atoms with van der Waals surface area (Å²) in [6.07, 6.45) is 7.76. The van der Waals surface area contributed by atoms with Gasteiger partial charge in [0, 0.05) is 31.5 Å². The zero-order chi connectivity index (χ0) is 11.2. The summed E-state index contributed by atoms with van der Waals surface area (Å²) in [4.78, 5) is 6.42. The molecule has 0 aliphatic carbocycles. The molecule has 0 amide bonds. The van der Waals surface area contributed by atoms with Crippen LogP contribution in [0.15, 0.2) is 24.5 Å². The lowest BCUT2D eigenvalue weighted by molar-refractivity contribution is 0.256. The van der Waals surface area contributed by atoms with Gasteiger partial charge >= 0.3 is 0 Å². The average Bonchev–Trinajstić information content (AvgIpc) is 2.31. The molecule has 0 aromatic carbocycles. The van der Waals surface area contributed by atoms with Crippen molar-refractivity contribution in [3.8, 4) is 0 Å². The molecule has 17 heavy (non-hydrogen) atoms. The van der Waals surface area contributed by atoms with Crippen LogP contribution < -0.4 is 5.32 Å². The Morgan fingerprint density at radius 3 is 2.76 bits per heavy atom. The van der Waals surface area contributed by atoms with Gasteiger partial charge < -0.3 is 10.2 Å². The molecule has 1 aliphatic rings. The fourth-order valence-corrected chi connectivity index (χ4v) is 2.32. The number of pyridine rings is 1. The monoisotopic (exact) mass is 255 g/mol. The van der Waals surface area contributed by atoms with Crippen molar-refractivity contribution in [2.75, 3.05) is 20.1 Å². The third-order valence-electron chi connectivity index (χ3n) is 3.15. The Morgan fingerprint density at radius 1 is 1.35 bits per heavy atom. The first kappa shape index (κ1) is 14.4. The highest BCUT2D eigenvalue weighted by Gasteiger charge is 2.14. The number of nitrogens with one attached hydrogen (secondary N) is 1. The highest BCUT2D eigenvalue weighted by molar-refractivity contribution is 5.85. The van der Waals surface area contributed by atoms with Crippen LogP contribution in [-0.4, -0.2) is 36.1 Å². The van der Waals surface area contributed by atoms with E-state index in [1.54, 1.807) is 0 Å². The standard InChI is InChI=1S/C13H21N3.ClH/c1-16(10-12-5-8-14-9-6-12)11-13-4-2-3-7-15-13;/h5-6,8-9,13,15H,2-4,7,10-11H2,1H3;1H. The molecule has 2 heterocycles. The van der Waals surface area contributed by atoms with E-state index in [0.29, 0.717) is 6.04 Å². The summed E-state index contributed by atoms with van der Waals surface area (Å²) >= 11 is 0. The Labute approximate surface area is 110 Å². The Bertz CT molecular complexity index is 299. The van der Waals surface area contributed by atoms with E-state index in [-0.39, 0.29) is 12.4 Å². The van der Waals surface area contributed by atoms with E-state index in [0.717, 1.165) is 13.1 Å². The van der Waals surface area contributed by atoms with Crippen molar-refractivity contribution >= 4 is 12.4 Å². The zero-order valence-electron chi connectivity index (χ0n) is 10.4. The van der Waals surface area contributed by atoms with Gasteiger partial charge in [0.2, 0.25) is 0 Å². The van der Waals surface area contributed by atoms with Crippen molar-refractivity contribution in [2.45, 2.75) is 31.8 Å². The number of halogens is 1. The van der Waals surface area contributed by atoms with E-state index in [1.807, 2.05) is 12.4 Å². The van der Waals surface area contributed by atoms with Gasteiger partial charge in [0.05, 0.1) is 0 Å². The Morgan fingerprint density at radius 2 is 2.12 bits per heavy atom. The number of hydrogen-bond acceptors (Lipinski definition) is 3. The van der Waals surface area contributed by atoms with Crippen molar-refractivity contribution in [1.82, 2.24) is 15.2 Å². The summed E-state index contributed by atoms with van der Waals surface area (Å²) in [5.41, 5.74) is 1.34. The fraction of sp³-hybridized carbons (Fsp3) is 0.615. The van der Waals surface area contributed by atoms with E-state index in [9.17, 15) is 0 Å². The summed E-state index contributed by atoms with van der Waals surface area (Å²) < 4.78 is 0. The fourth-order valence-electron chi connectivity index (χ4n) is 2.32. The Hall–Kier alpha value is -0.640. The summed E-state index contributed by atoms with van der Waals surface area (Å²) in [6.45, 7) is 3.34. The van der Waals surface area contributed by atoms with Crippen LogP contribution in [0, 0.1) is 0 Å². The van der Waals surface area contributed by atoms with Crippen LogP contribution in [-0.2, 0) is 6.54 Å². The Balaban J connectivity index is 0.00000144. The quantitative estimate of drug-likeness (QED) is 0.893. The molecule has 2 rings (SSSR count). The summed E-state index contributed by atoms with van der Waals surface area (Å²) in [5, 5.41) is 3.58. The first-order valence-electron chi connectivity index (χ1n) is 6.15. The molecule has 1 N–H and O–H groups in total. The van der Waals surface area contributed by atoms with Crippen molar-refractivity contribution in [3.63, 3.8) is 0 Å². The second kappa shape index (κ2) is 7.64. The molecule has 1 saturated heterocycles. The topological polar surface area (TPSA) is 28.2 Å². The molecule has 4 heteroatoms. The van der Waals surface area contributed by atoms with Crippen LogP contribution in [0.3, 0.4) is 0 Å². The molecule has 96 valence electrons. The van der Waals surface area contributed by atoms with E-state index < -0.39 is 0 Å². The molecular weight excluding hydrogens is 234 g/mol. The maximum atomic E-state index is 4.04. The van der Waals surface area contributed by atoms with E-state index >= 15 is 0 Å². The second-order valence-corrected chi connectivity index (χ2v) is 4.70. The number of nitrogens with zero attached hydrogens (tertiary/aromatic N) is 2. The molecule has 1 aliphatic heterocycles. The normalized spacial score (nSPS) is 20.0. The van der Waals surface area contributed by atoms with E-state index in [1.165, 1.54) is 31.4 Å². The summed E-state index contributed by atoms with van der Waals surface area (Å²) in [5.74, 6) is 0. The smallest absolute Gasteiger partial charge is 0.0271 e. The van der Waals surface area contributed by atoms with Crippen LogP contribution in [0.5, 0.6) is 0 Å². The molecule has 1 unspecified atom stereocenters. The third kappa shape index (κ3) is 5.02. The lowest BCUT2D eigenvalue weighted by Crippen LogP contribution is -2.42. The van der Waals surface area contributed by atoms with Gasteiger partial charge in [-0.2, -0.15) is 0 Å². The lowest BCUT2D eigenvalue weighted by Gasteiger charge is -2.28. The minimum Gasteiger partial charge on any atom is -0.313 e. The number of likely N-dealkylation sites (N-methyl/N-ethyl adjacent to an activating group) is 1. The van der Waals surface area contributed by atoms with Gasteiger partial charge in [-0.05, 0) is 44.1 Å². The molecule has 1 aromatic rings. The van der Waals surface area contributed by atoms with Crippen LogP contribution in [0.25, 0.3) is 0 Å². The molecule has 0 bridgehead atoms. The summed E-state index contributed by atoms with van der Waals surface area (Å²) in [6, 6.07) is 4.86. The van der Waals surface area contributed by atoms with Gasteiger partial charge in [-0.1, -0.05) is 6.42 Å². The minimum absolute atomic E-state index is 0. The predicted octanol–water partition coefficient (Wildman–Crippen LogP) is 2.08. The van der Waals surface area contributed by atoms with E-state index in [2.05, 4.69) is 34.4 Å². The number of rotatable bonds is 4. The van der Waals surface area contributed by atoms with Crippen molar-refractivity contribution < 1.29 is 0 Å². The van der Waals surface area contributed by atoms with Crippen LogP contribution in [0.4, 0.5) is 0 Å². The van der Waals surface area contributed by atoms with E-state index in [4.69, 9.17) is 0 Å². The maximum absolute atomic E-state index is 4.04. The number of hydrogen-bond donors (Lipinski definition) is 1. The minimum atomic E-state index is 0. The highest BCUT2D eigenvalue weighted by Crippen LogP contribution is 2.09. The second-order valence-electron chi connectivity index (χ2n) is 4.70. The van der Waals surface area contributed by atoms with Gasteiger partial charge in [-0.3, -0.25) is 4.98 Å². The van der Waals surface area contributed by atoms with Gasteiger partial charge in [0.25, 0.3) is 0 Å². The van der Waals surface area contributed by atoms with Crippen molar-refractivity contribution in [2.24, 2.45) is 0 Å². The first-order valence-corrected chi connectivity index (χ1v) is 6.15. The summed E-state index contributed by atoms with van der Waals surface area (Å²) in [7, 11) is 2.19. The number of piperidine rings is 1. The van der Waals surface area contributed by atoms with Crippen LogP contribution in [0.1, 0.15) is 24.8 Å². The Kier molecular flexibility index (Phi) is 6.48. The SMILES string of the molecule is CN(Cc1ccncc1)CC1CCCCN1.Cl. The molecule has 0 saturated carbocycles. The molecule has 0 radical (unpaired) electrons. The van der Waals surface area contributed by atoms with Crippen molar-refractivity contribution in [1.29, 1.82) is 0 Å². The first-order chi connectivity index (χ1) is 7.84. The largest absolute Gasteiger partial charge is 0.313 e. The van der Waals surface area contributed by atoms with Crippen LogP contribution >= 0.6 is 12.4 Å². The molecule has 3 nitrogen and oxygen atoms in total. The number of aromatic nitrogens is 1. The van der Waals surface area contributed by atoms with Crippen molar-refractivity contribution in [3.05, 3.63) is 30.1 Å². The molecule has 1 fully saturated rings. The van der Waals surface area contributed by atoms with Gasteiger partial charge in [-0.15, -0.1) is 12.4 Å². The van der Waals surface area contributed by atoms with Gasteiger partial charge in [0.15, 0.2) is 0 Å². The molecule has 0 spiro atoms. The average molecular weight is 256 g/mol. The third-order valence-corrected chi connectivity index (χ3v) is 3.15. The van der Waals surface area contributed by atoms with Crippen LogP contribution in [0.2, 0.25) is 0 Å².